The first-order valence-electron chi connectivity index (χ1n) is 6.75. The molecule has 0 bridgehead atoms. The van der Waals surface area contributed by atoms with E-state index in [-0.39, 0.29) is 18.8 Å². The summed E-state index contributed by atoms with van der Waals surface area (Å²) in [6.45, 7) is 6.32. The van der Waals surface area contributed by atoms with Gasteiger partial charge in [-0.15, -0.1) is 0 Å². The molecule has 3 heteroatoms. The molecular formula is C15H25NO2. The molecule has 0 aliphatic rings. The minimum Gasteiger partial charge on any atom is -0.486 e. The first kappa shape index (κ1) is 15.0. The van der Waals surface area contributed by atoms with Crippen LogP contribution in [0.5, 0.6) is 5.75 Å². The molecule has 0 amide bonds. The van der Waals surface area contributed by atoms with Crippen LogP contribution in [0, 0.1) is 0 Å². The summed E-state index contributed by atoms with van der Waals surface area (Å²) >= 11 is 0. The molecule has 18 heavy (non-hydrogen) atoms. The number of ether oxygens (including phenoxy) is 1. The summed E-state index contributed by atoms with van der Waals surface area (Å²) in [6.07, 6.45) is 1.58. The first-order chi connectivity index (χ1) is 8.62. The van der Waals surface area contributed by atoms with Crippen molar-refractivity contribution >= 4 is 0 Å². The van der Waals surface area contributed by atoms with Gasteiger partial charge in [0, 0.05) is 6.04 Å². The Morgan fingerprint density at radius 1 is 1.17 bits per heavy atom. The summed E-state index contributed by atoms with van der Waals surface area (Å²) in [5.74, 6) is 1.33. The quantitative estimate of drug-likeness (QED) is 0.783. The summed E-state index contributed by atoms with van der Waals surface area (Å²) in [4.78, 5) is 0. The smallest absolute Gasteiger partial charge is 0.137 e. The molecule has 0 spiro atoms. The first-order valence-corrected chi connectivity index (χ1v) is 6.75. The third-order valence-electron chi connectivity index (χ3n) is 3.48. The van der Waals surface area contributed by atoms with Gasteiger partial charge in [-0.05, 0) is 36.5 Å². The van der Waals surface area contributed by atoms with Crippen molar-refractivity contribution in [1.82, 2.24) is 0 Å². The minimum atomic E-state index is -0.329. The lowest BCUT2D eigenvalue weighted by Crippen LogP contribution is -2.41. The molecule has 0 saturated heterocycles. The molecule has 0 heterocycles. The van der Waals surface area contributed by atoms with Gasteiger partial charge in [0.15, 0.2) is 0 Å². The Kier molecular flexibility index (Phi) is 6.16. The molecule has 0 saturated carbocycles. The number of hydrogen-bond acceptors (Lipinski definition) is 3. The minimum absolute atomic E-state index is 0.0535. The Balaban J connectivity index is 2.67. The highest BCUT2D eigenvalue weighted by Crippen LogP contribution is 2.22. The number of aliphatic hydroxyl groups is 1. The fourth-order valence-electron chi connectivity index (χ4n) is 1.81. The fraction of sp³-hybridized carbons (Fsp3) is 0.600. The molecule has 3 atom stereocenters. The van der Waals surface area contributed by atoms with E-state index < -0.39 is 0 Å². The maximum Gasteiger partial charge on any atom is 0.137 e. The van der Waals surface area contributed by atoms with Crippen LogP contribution in [-0.2, 0) is 0 Å². The third-order valence-corrected chi connectivity index (χ3v) is 3.48. The normalized spacial score (nSPS) is 16.1. The van der Waals surface area contributed by atoms with E-state index >= 15 is 0 Å². The third kappa shape index (κ3) is 4.00. The summed E-state index contributed by atoms with van der Waals surface area (Å²) in [5.41, 5.74) is 7.20. The molecule has 0 aliphatic heterocycles. The van der Waals surface area contributed by atoms with Gasteiger partial charge < -0.3 is 15.6 Å². The van der Waals surface area contributed by atoms with Crippen LogP contribution in [0.4, 0.5) is 0 Å². The van der Waals surface area contributed by atoms with E-state index in [1.807, 2.05) is 19.1 Å². The Morgan fingerprint density at radius 3 is 2.22 bits per heavy atom. The predicted molar refractivity (Wildman–Crippen MR) is 74.9 cm³/mol. The summed E-state index contributed by atoms with van der Waals surface area (Å²) in [7, 11) is 0. The van der Waals surface area contributed by atoms with Crippen molar-refractivity contribution in [3.05, 3.63) is 29.8 Å². The van der Waals surface area contributed by atoms with Crippen molar-refractivity contribution in [3.63, 3.8) is 0 Å². The highest BCUT2D eigenvalue weighted by molar-refractivity contribution is 5.29. The van der Waals surface area contributed by atoms with Gasteiger partial charge in [0.05, 0.1) is 6.61 Å². The van der Waals surface area contributed by atoms with Crippen molar-refractivity contribution in [2.24, 2.45) is 5.73 Å². The summed E-state index contributed by atoms with van der Waals surface area (Å²) in [5, 5.41) is 9.26. The monoisotopic (exact) mass is 251 g/mol. The Hall–Kier alpha value is -1.06. The lowest BCUT2D eigenvalue weighted by atomic mass is 9.99. The van der Waals surface area contributed by atoms with Crippen molar-refractivity contribution in [2.75, 3.05) is 6.61 Å². The average Bonchev–Trinajstić information content (AvgIpc) is 2.43. The van der Waals surface area contributed by atoms with Gasteiger partial charge in [-0.2, -0.15) is 0 Å². The van der Waals surface area contributed by atoms with E-state index in [0.717, 1.165) is 18.6 Å². The second-order valence-electron chi connectivity index (χ2n) is 4.79. The number of nitrogens with two attached hydrogens (primary N) is 1. The zero-order valence-corrected chi connectivity index (χ0v) is 11.6. The average molecular weight is 251 g/mol. The van der Waals surface area contributed by atoms with Crippen LogP contribution >= 0.6 is 0 Å². The molecule has 0 fully saturated rings. The van der Waals surface area contributed by atoms with Crippen LogP contribution in [-0.4, -0.2) is 23.9 Å². The second-order valence-corrected chi connectivity index (χ2v) is 4.79. The summed E-state index contributed by atoms with van der Waals surface area (Å²) in [6, 6.07) is 7.92. The van der Waals surface area contributed by atoms with Gasteiger partial charge >= 0.3 is 0 Å². The fourth-order valence-corrected chi connectivity index (χ4v) is 1.81. The second kappa shape index (κ2) is 7.39. The molecule has 3 nitrogen and oxygen atoms in total. The molecule has 3 unspecified atom stereocenters. The number of aliphatic hydroxyl groups excluding tert-OH is 1. The highest BCUT2D eigenvalue weighted by atomic mass is 16.5. The van der Waals surface area contributed by atoms with E-state index in [1.165, 1.54) is 5.56 Å². The zero-order chi connectivity index (χ0) is 13.5. The van der Waals surface area contributed by atoms with Gasteiger partial charge in [-0.25, -0.2) is 0 Å². The largest absolute Gasteiger partial charge is 0.486 e. The van der Waals surface area contributed by atoms with Crippen LogP contribution in [0.2, 0.25) is 0 Å². The van der Waals surface area contributed by atoms with Gasteiger partial charge in [0.2, 0.25) is 0 Å². The molecule has 0 radical (unpaired) electrons. The van der Waals surface area contributed by atoms with Crippen molar-refractivity contribution < 1.29 is 9.84 Å². The van der Waals surface area contributed by atoms with E-state index in [4.69, 9.17) is 10.5 Å². The Labute approximate surface area is 110 Å². The van der Waals surface area contributed by atoms with Crippen molar-refractivity contribution in [1.29, 1.82) is 0 Å². The highest BCUT2D eigenvalue weighted by Gasteiger charge is 2.17. The molecule has 3 N–H and O–H groups in total. The zero-order valence-electron chi connectivity index (χ0n) is 11.6. The van der Waals surface area contributed by atoms with Gasteiger partial charge in [-0.1, -0.05) is 32.9 Å². The maximum absolute atomic E-state index is 9.26. The van der Waals surface area contributed by atoms with Gasteiger partial charge in [0.25, 0.3) is 0 Å². The standard InChI is InChI=1S/C15H25NO2/c1-4-11(3)12-6-8-13(9-7-12)18-15(10-17)14(16)5-2/h6-9,11,14-15,17H,4-5,10,16H2,1-3H3. The van der Waals surface area contributed by atoms with Gasteiger partial charge in [-0.3, -0.25) is 0 Å². The van der Waals surface area contributed by atoms with Crippen molar-refractivity contribution in [2.45, 2.75) is 51.7 Å². The van der Waals surface area contributed by atoms with E-state index in [2.05, 4.69) is 26.0 Å². The molecule has 0 aromatic heterocycles. The molecule has 1 aromatic rings. The molecular weight excluding hydrogens is 226 g/mol. The molecule has 102 valence electrons. The lowest BCUT2D eigenvalue weighted by Gasteiger charge is -2.22. The van der Waals surface area contributed by atoms with Crippen LogP contribution in [0.25, 0.3) is 0 Å². The van der Waals surface area contributed by atoms with Crippen LogP contribution in [0.1, 0.15) is 45.1 Å². The molecule has 1 aromatic carbocycles. The van der Waals surface area contributed by atoms with E-state index in [9.17, 15) is 5.11 Å². The molecule has 1 rings (SSSR count). The summed E-state index contributed by atoms with van der Waals surface area (Å²) < 4.78 is 5.71. The van der Waals surface area contributed by atoms with E-state index in [1.54, 1.807) is 0 Å². The van der Waals surface area contributed by atoms with Crippen LogP contribution < -0.4 is 10.5 Å². The number of rotatable bonds is 7. The van der Waals surface area contributed by atoms with E-state index in [0.29, 0.717) is 5.92 Å². The predicted octanol–water partition coefficient (Wildman–Crippen LogP) is 2.68. The van der Waals surface area contributed by atoms with Crippen molar-refractivity contribution in [3.8, 4) is 5.75 Å². The Bertz CT molecular complexity index is 337. The topological polar surface area (TPSA) is 55.5 Å². The van der Waals surface area contributed by atoms with Crippen LogP contribution in [0.15, 0.2) is 24.3 Å². The molecule has 0 aliphatic carbocycles. The van der Waals surface area contributed by atoms with Gasteiger partial charge in [0.1, 0.15) is 11.9 Å². The number of benzene rings is 1. The number of hydrogen-bond donors (Lipinski definition) is 2. The maximum atomic E-state index is 9.26. The van der Waals surface area contributed by atoms with Crippen LogP contribution in [0.3, 0.4) is 0 Å². The Morgan fingerprint density at radius 2 is 1.78 bits per heavy atom. The lowest BCUT2D eigenvalue weighted by molar-refractivity contribution is 0.0932. The SMILES string of the molecule is CCC(C)c1ccc(OC(CO)C(N)CC)cc1.